The Hall–Kier alpha value is -2.13. The molecule has 19 heavy (non-hydrogen) atoms. The van der Waals surface area contributed by atoms with E-state index in [0.29, 0.717) is 12.5 Å². The second kappa shape index (κ2) is 6.16. The van der Waals surface area contributed by atoms with Gasteiger partial charge in [-0.1, -0.05) is 6.07 Å². The van der Waals surface area contributed by atoms with E-state index in [0.717, 1.165) is 25.9 Å². The zero-order valence-electron chi connectivity index (χ0n) is 10.5. The molecule has 1 N–H and O–H groups in total. The molecule has 0 bridgehead atoms. The Bertz CT molecular complexity index is 504. The van der Waals surface area contributed by atoms with Crippen LogP contribution in [-0.2, 0) is 0 Å². The van der Waals surface area contributed by atoms with Gasteiger partial charge < -0.3 is 10.1 Å². The van der Waals surface area contributed by atoms with Crippen LogP contribution in [0.2, 0.25) is 0 Å². The summed E-state index contributed by atoms with van der Waals surface area (Å²) in [7, 11) is 0. The first-order valence-electron chi connectivity index (χ1n) is 6.23. The highest BCUT2D eigenvalue weighted by Crippen LogP contribution is 2.31. The van der Waals surface area contributed by atoms with Gasteiger partial charge in [0.15, 0.2) is 5.75 Å². The summed E-state index contributed by atoms with van der Waals surface area (Å²) < 4.78 is 5.56. The number of nitrogens with one attached hydrogen (secondary N) is 1. The molecule has 0 atom stereocenters. The molecule has 1 aromatic rings. The van der Waals surface area contributed by atoms with Crippen LogP contribution in [0.3, 0.4) is 0 Å². The number of para-hydroxylation sites is 1. The molecule has 1 aromatic carbocycles. The number of nitro groups is 1. The minimum atomic E-state index is -0.559. The highest BCUT2D eigenvalue weighted by Gasteiger charge is 2.22. The summed E-state index contributed by atoms with van der Waals surface area (Å²) in [4.78, 5) is 10.5. The Morgan fingerprint density at radius 1 is 1.47 bits per heavy atom. The van der Waals surface area contributed by atoms with Crippen molar-refractivity contribution in [2.45, 2.75) is 12.8 Å². The number of hydrogen-bond acceptors (Lipinski definition) is 5. The number of ether oxygens (including phenoxy) is 1. The summed E-state index contributed by atoms with van der Waals surface area (Å²) in [5.74, 6) is 0.592. The maximum absolute atomic E-state index is 11.0. The fraction of sp³-hybridized carbons (Fsp3) is 0.462. The van der Waals surface area contributed by atoms with Crippen molar-refractivity contribution in [3.63, 3.8) is 0 Å². The van der Waals surface area contributed by atoms with Crippen molar-refractivity contribution < 1.29 is 9.66 Å². The van der Waals surface area contributed by atoms with Gasteiger partial charge in [0.1, 0.15) is 11.6 Å². The molecule has 0 saturated carbocycles. The number of nitrogens with zero attached hydrogens (tertiary/aromatic N) is 2. The van der Waals surface area contributed by atoms with Gasteiger partial charge in [0.2, 0.25) is 0 Å². The largest absolute Gasteiger partial charge is 0.486 e. The Labute approximate surface area is 111 Å². The molecule has 1 fully saturated rings. The Kier molecular flexibility index (Phi) is 4.31. The average molecular weight is 261 g/mol. The van der Waals surface area contributed by atoms with Crippen molar-refractivity contribution in [2.24, 2.45) is 5.92 Å². The molecule has 100 valence electrons. The molecule has 0 aliphatic carbocycles. The lowest BCUT2D eigenvalue weighted by molar-refractivity contribution is -0.386. The molecule has 0 radical (unpaired) electrons. The SMILES string of the molecule is N#Cc1cccc(OCC2CCNCC2)c1[N+](=O)[O-]. The van der Waals surface area contributed by atoms with E-state index in [1.807, 2.05) is 6.07 Å². The van der Waals surface area contributed by atoms with Crippen LogP contribution in [0, 0.1) is 27.4 Å². The summed E-state index contributed by atoms with van der Waals surface area (Å²) >= 11 is 0. The Morgan fingerprint density at radius 2 is 2.21 bits per heavy atom. The zero-order valence-corrected chi connectivity index (χ0v) is 10.5. The van der Waals surface area contributed by atoms with Crippen LogP contribution in [0.15, 0.2) is 18.2 Å². The smallest absolute Gasteiger partial charge is 0.328 e. The molecule has 0 unspecified atom stereocenters. The number of hydrogen-bond donors (Lipinski definition) is 1. The number of nitriles is 1. The molecule has 0 spiro atoms. The van der Waals surface area contributed by atoms with Crippen LogP contribution in [0.5, 0.6) is 5.75 Å². The van der Waals surface area contributed by atoms with E-state index >= 15 is 0 Å². The van der Waals surface area contributed by atoms with E-state index < -0.39 is 4.92 Å². The van der Waals surface area contributed by atoms with Crippen LogP contribution >= 0.6 is 0 Å². The third-order valence-electron chi connectivity index (χ3n) is 3.24. The second-order valence-corrected chi connectivity index (χ2v) is 4.53. The predicted octanol–water partition coefficient (Wildman–Crippen LogP) is 1.84. The minimum Gasteiger partial charge on any atom is -0.486 e. The number of benzene rings is 1. The molecule has 1 aliphatic rings. The van der Waals surface area contributed by atoms with Crippen molar-refractivity contribution in [2.75, 3.05) is 19.7 Å². The van der Waals surface area contributed by atoms with Crippen LogP contribution in [0.4, 0.5) is 5.69 Å². The molecular weight excluding hydrogens is 246 g/mol. The fourth-order valence-electron chi connectivity index (χ4n) is 2.17. The first-order valence-corrected chi connectivity index (χ1v) is 6.23. The lowest BCUT2D eigenvalue weighted by Gasteiger charge is -2.22. The normalized spacial score (nSPS) is 15.7. The fourth-order valence-corrected chi connectivity index (χ4v) is 2.17. The van der Waals surface area contributed by atoms with Crippen molar-refractivity contribution in [3.05, 3.63) is 33.9 Å². The summed E-state index contributed by atoms with van der Waals surface area (Å²) in [5, 5.41) is 23.2. The van der Waals surface area contributed by atoms with Gasteiger partial charge in [0, 0.05) is 0 Å². The van der Waals surface area contributed by atoms with Gasteiger partial charge >= 0.3 is 5.69 Å². The standard InChI is InChI=1S/C13H15N3O3/c14-8-11-2-1-3-12(13(11)16(17)18)19-9-10-4-6-15-7-5-10/h1-3,10,15H,4-7,9H2. The van der Waals surface area contributed by atoms with E-state index in [2.05, 4.69) is 5.32 Å². The van der Waals surface area contributed by atoms with Gasteiger partial charge in [-0.2, -0.15) is 5.26 Å². The predicted molar refractivity (Wildman–Crippen MR) is 68.9 cm³/mol. The maximum Gasteiger partial charge on any atom is 0.328 e. The third kappa shape index (κ3) is 3.20. The average Bonchev–Trinajstić information content (AvgIpc) is 2.45. The van der Waals surface area contributed by atoms with Gasteiger partial charge in [-0.05, 0) is 44.0 Å². The summed E-state index contributed by atoms with van der Waals surface area (Å²) in [6, 6.07) is 6.39. The molecule has 0 amide bonds. The molecular formula is C13H15N3O3. The van der Waals surface area contributed by atoms with Crippen molar-refractivity contribution in [1.29, 1.82) is 5.26 Å². The van der Waals surface area contributed by atoms with Crippen molar-refractivity contribution >= 4 is 5.69 Å². The van der Waals surface area contributed by atoms with E-state index in [1.54, 1.807) is 12.1 Å². The van der Waals surface area contributed by atoms with Crippen LogP contribution < -0.4 is 10.1 Å². The molecule has 2 rings (SSSR count). The number of nitro benzene ring substituents is 1. The minimum absolute atomic E-state index is 0.0350. The van der Waals surface area contributed by atoms with Gasteiger partial charge in [-0.15, -0.1) is 0 Å². The van der Waals surface area contributed by atoms with E-state index in [9.17, 15) is 10.1 Å². The van der Waals surface area contributed by atoms with Crippen LogP contribution in [0.1, 0.15) is 18.4 Å². The van der Waals surface area contributed by atoms with Crippen LogP contribution in [0.25, 0.3) is 0 Å². The molecule has 0 aromatic heterocycles. The van der Waals surface area contributed by atoms with Gasteiger partial charge in [-0.3, -0.25) is 10.1 Å². The van der Waals surface area contributed by atoms with E-state index in [4.69, 9.17) is 10.00 Å². The second-order valence-electron chi connectivity index (χ2n) is 4.53. The molecule has 1 heterocycles. The third-order valence-corrected chi connectivity index (χ3v) is 3.24. The maximum atomic E-state index is 11.0. The van der Waals surface area contributed by atoms with Crippen LogP contribution in [-0.4, -0.2) is 24.6 Å². The van der Waals surface area contributed by atoms with Gasteiger partial charge in [0.05, 0.1) is 11.5 Å². The summed E-state index contributed by atoms with van der Waals surface area (Å²) in [6.07, 6.45) is 2.01. The van der Waals surface area contributed by atoms with E-state index in [1.165, 1.54) is 6.07 Å². The zero-order chi connectivity index (χ0) is 13.7. The monoisotopic (exact) mass is 261 g/mol. The lowest BCUT2D eigenvalue weighted by atomic mass is 9.99. The Morgan fingerprint density at radius 3 is 2.84 bits per heavy atom. The quantitative estimate of drug-likeness (QED) is 0.660. The first-order chi connectivity index (χ1) is 9.22. The molecule has 1 saturated heterocycles. The molecule has 6 heteroatoms. The summed E-state index contributed by atoms with van der Waals surface area (Å²) in [6.45, 7) is 2.36. The number of rotatable bonds is 4. The molecule has 6 nitrogen and oxygen atoms in total. The topological polar surface area (TPSA) is 88.2 Å². The summed E-state index contributed by atoms with van der Waals surface area (Å²) in [5.41, 5.74) is -0.202. The number of piperidine rings is 1. The highest BCUT2D eigenvalue weighted by atomic mass is 16.6. The van der Waals surface area contributed by atoms with Crippen molar-refractivity contribution in [3.8, 4) is 11.8 Å². The van der Waals surface area contributed by atoms with Crippen molar-refractivity contribution in [1.82, 2.24) is 5.32 Å². The van der Waals surface area contributed by atoms with Gasteiger partial charge in [-0.25, -0.2) is 0 Å². The first kappa shape index (κ1) is 13.3. The highest BCUT2D eigenvalue weighted by molar-refractivity contribution is 5.57. The Balaban J connectivity index is 2.11. The lowest BCUT2D eigenvalue weighted by Crippen LogP contribution is -2.30. The van der Waals surface area contributed by atoms with Gasteiger partial charge in [0.25, 0.3) is 0 Å². The van der Waals surface area contributed by atoms with E-state index in [-0.39, 0.29) is 17.0 Å². The molecule has 1 aliphatic heterocycles.